The summed E-state index contributed by atoms with van der Waals surface area (Å²) in [7, 11) is -3.30. The lowest BCUT2D eigenvalue weighted by molar-refractivity contribution is 0.584. The number of aryl methyl sites for hydroxylation is 2. The average molecular weight is 388 g/mol. The highest BCUT2D eigenvalue weighted by molar-refractivity contribution is 7.88. The largest absolute Gasteiger partial charge is 0.216 e. The van der Waals surface area contributed by atoms with E-state index in [1.54, 1.807) is 18.2 Å². The van der Waals surface area contributed by atoms with E-state index >= 15 is 0 Å². The molecule has 0 saturated carbocycles. The summed E-state index contributed by atoms with van der Waals surface area (Å²) in [5.41, 5.74) is 1.46. The van der Waals surface area contributed by atoms with Gasteiger partial charge in [-0.2, -0.15) is 5.10 Å². The van der Waals surface area contributed by atoms with E-state index in [0.717, 1.165) is 12.7 Å². The number of hydrogen-bond donors (Lipinski definition) is 1. The van der Waals surface area contributed by atoms with E-state index in [1.165, 1.54) is 16.3 Å². The molecule has 3 rings (SSSR count). The molecule has 6 nitrogen and oxygen atoms in total. The lowest BCUT2D eigenvalue weighted by Gasteiger charge is -2.07. The Balaban J connectivity index is 1.83. The summed E-state index contributed by atoms with van der Waals surface area (Å²) in [6, 6.07) is 16.3. The van der Waals surface area contributed by atoms with Crippen molar-refractivity contribution >= 4 is 10.0 Å². The molecule has 1 heterocycles. The van der Waals surface area contributed by atoms with Crippen molar-refractivity contribution in [3.63, 3.8) is 0 Å². The van der Waals surface area contributed by atoms with Gasteiger partial charge in [0, 0.05) is 19.4 Å². The van der Waals surface area contributed by atoms with Gasteiger partial charge in [-0.05, 0) is 24.1 Å². The van der Waals surface area contributed by atoms with Gasteiger partial charge in [-0.25, -0.2) is 27.2 Å². The second-order valence-corrected chi connectivity index (χ2v) is 8.04. The molecule has 142 valence electrons. The summed E-state index contributed by atoms with van der Waals surface area (Å²) in [6.45, 7) is 0.171. The number of sulfonamides is 1. The van der Waals surface area contributed by atoms with Crippen LogP contribution in [-0.4, -0.2) is 36.0 Å². The Morgan fingerprint density at radius 1 is 1.00 bits per heavy atom. The number of aromatic nitrogens is 3. The van der Waals surface area contributed by atoms with E-state index in [-0.39, 0.29) is 6.54 Å². The second kappa shape index (κ2) is 8.41. The van der Waals surface area contributed by atoms with Crippen molar-refractivity contribution in [1.82, 2.24) is 19.5 Å². The molecule has 0 spiro atoms. The van der Waals surface area contributed by atoms with E-state index < -0.39 is 15.8 Å². The summed E-state index contributed by atoms with van der Waals surface area (Å²) in [5, 5.41) is 4.46. The molecule has 0 atom stereocenters. The van der Waals surface area contributed by atoms with Crippen LogP contribution < -0.4 is 4.72 Å². The van der Waals surface area contributed by atoms with E-state index in [9.17, 15) is 12.8 Å². The fraction of sp³-hybridized carbons (Fsp3) is 0.263. The molecule has 0 radical (unpaired) electrons. The molecule has 0 aliphatic rings. The number of hydrogen-bond acceptors (Lipinski definition) is 4. The highest BCUT2D eigenvalue weighted by atomic mass is 32.2. The minimum absolute atomic E-state index is 0.171. The van der Waals surface area contributed by atoms with Crippen LogP contribution >= 0.6 is 0 Å². The normalized spacial score (nSPS) is 11.6. The molecule has 8 heteroatoms. The first-order chi connectivity index (χ1) is 12.9. The highest BCUT2D eigenvalue weighted by Gasteiger charge is 2.15. The average Bonchev–Trinajstić information content (AvgIpc) is 3.03. The van der Waals surface area contributed by atoms with Crippen molar-refractivity contribution < 1.29 is 12.8 Å². The molecule has 0 saturated heterocycles. The molecule has 0 bridgehead atoms. The summed E-state index contributed by atoms with van der Waals surface area (Å²) < 4.78 is 40.7. The van der Waals surface area contributed by atoms with Crippen LogP contribution in [0.5, 0.6) is 0 Å². The lowest BCUT2D eigenvalue weighted by Crippen LogP contribution is -2.25. The van der Waals surface area contributed by atoms with Crippen molar-refractivity contribution in [2.45, 2.75) is 19.3 Å². The minimum Gasteiger partial charge on any atom is -0.216 e. The van der Waals surface area contributed by atoms with Crippen molar-refractivity contribution in [2.75, 3.05) is 12.8 Å². The van der Waals surface area contributed by atoms with Gasteiger partial charge in [0.25, 0.3) is 0 Å². The Hall–Kier alpha value is -2.58. The molecule has 2 aromatic carbocycles. The summed E-state index contributed by atoms with van der Waals surface area (Å²) >= 11 is 0. The number of benzene rings is 2. The zero-order chi connectivity index (χ0) is 19.3. The number of para-hydroxylation sites is 1. The number of halogens is 1. The van der Waals surface area contributed by atoms with Crippen molar-refractivity contribution in [2.24, 2.45) is 0 Å². The molecule has 0 aliphatic carbocycles. The maximum atomic E-state index is 14.2. The van der Waals surface area contributed by atoms with Crippen LogP contribution in [0.15, 0.2) is 54.6 Å². The molecule has 0 aliphatic heterocycles. The van der Waals surface area contributed by atoms with E-state index in [0.29, 0.717) is 30.2 Å². The van der Waals surface area contributed by atoms with Gasteiger partial charge in [-0.15, -0.1) is 0 Å². The Labute approximate surface area is 158 Å². The van der Waals surface area contributed by atoms with Crippen LogP contribution in [0.4, 0.5) is 4.39 Å². The lowest BCUT2D eigenvalue weighted by atomic mass is 10.1. The highest BCUT2D eigenvalue weighted by Crippen LogP contribution is 2.15. The molecule has 0 amide bonds. The maximum Gasteiger partial charge on any atom is 0.208 e. The number of nitrogens with zero attached hydrogens (tertiary/aromatic N) is 3. The van der Waals surface area contributed by atoms with Crippen molar-refractivity contribution in [1.29, 1.82) is 0 Å². The third kappa shape index (κ3) is 5.45. The first-order valence-corrected chi connectivity index (χ1v) is 10.5. The van der Waals surface area contributed by atoms with Gasteiger partial charge in [-0.3, -0.25) is 0 Å². The van der Waals surface area contributed by atoms with Crippen LogP contribution in [0.2, 0.25) is 0 Å². The Bertz CT molecular complexity index is 1000. The standard InChI is InChI=1S/C19H21FN4O2S/c1-27(25,26)21-14-13-19-22-18(12-11-15-7-3-2-4-8-15)23-24(19)17-10-6-5-9-16(17)20/h2-10,21H,11-14H2,1H3. The van der Waals surface area contributed by atoms with Crippen LogP contribution in [0.25, 0.3) is 5.69 Å². The Kier molecular flexibility index (Phi) is 5.98. The molecule has 27 heavy (non-hydrogen) atoms. The predicted molar refractivity (Wildman–Crippen MR) is 102 cm³/mol. The first kappa shape index (κ1) is 19.2. The van der Waals surface area contributed by atoms with E-state index in [1.807, 2.05) is 30.3 Å². The summed E-state index contributed by atoms with van der Waals surface area (Å²) in [5.74, 6) is 0.699. The zero-order valence-electron chi connectivity index (χ0n) is 15.0. The fourth-order valence-corrected chi connectivity index (χ4v) is 3.20. The third-order valence-electron chi connectivity index (χ3n) is 3.99. The second-order valence-electron chi connectivity index (χ2n) is 6.21. The van der Waals surface area contributed by atoms with Gasteiger partial charge in [0.1, 0.15) is 17.3 Å². The molecule has 1 N–H and O–H groups in total. The molecule has 1 aromatic heterocycles. The van der Waals surface area contributed by atoms with Crippen molar-refractivity contribution in [3.05, 3.63) is 77.6 Å². The van der Waals surface area contributed by atoms with Gasteiger partial charge in [0.2, 0.25) is 10.0 Å². The van der Waals surface area contributed by atoms with Gasteiger partial charge in [0.05, 0.1) is 6.26 Å². The Morgan fingerprint density at radius 2 is 1.70 bits per heavy atom. The van der Waals surface area contributed by atoms with Crippen LogP contribution in [0.3, 0.4) is 0 Å². The molecular formula is C19H21FN4O2S. The SMILES string of the molecule is CS(=O)(=O)NCCc1nc(CCc2ccccc2)nn1-c1ccccc1F. The molecule has 0 fully saturated rings. The summed E-state index contributed by atoms with van der Waals surface area (Å²) in [4.78, 5) is 4.51. The van der Waals surface area contributed by atoms with Gasteiger partial charge >= 0.3 is 0 Å². The van der Waals surface area contributed by atoms with Crippen molar-refractivity contribution in [3.8, 4) is 5.69 Å². The van der Waals surface area contributed by atoms with Gasteiger partial charge in [-0.1, -0.05) is 42.5 Å². The van der Waals surface area contributed by atoms with Crippen LogP contribution in [0, 0.1) is 5.82 Å². The predicted octanol–water partition coefficient (Wildman–Crippen LogP) is 2.28. The first-order valence-electron chi connectivity index (χ1n) is 8.60. The van der Waals surface area contributed by atoms with Gasteiger partial charge in [0.15, 0.2) is 5.82 Å². The number of rotatable bonds is 8. The van der Waals surface area contributed by atoms with Crippen LogP contribution in [-0.2, 0) is 29.3 Å². The monoisotopic (exact) mass is 388 g/mol. The van der Waals surface area contributed by atoms with E-state index in [2.05, 4.69) is 14.8 Å². The number of nitrogens with one attached hydrogen (secondary N) is 1. The van der Waals surface area contributed by atoms with Gasteiger partial charge < -0.3 is 0 Å². The zero-order valence-corrected chi connectivity index (χ0v) is 15.8. The quantitative estimate of drug-likeness (QED) is 0.642. The topological polar surface area (TPSA) is 76.9 Å². The molecular weight excluding hydrogens is 367 g/mol. The smallest absolute Gasteiger partial charge is 0.208 e. The van der Waals surface area contributed by atoms with Crippen LogP contribution in [0.1, 0.15) is 17.2 Å². The maximum absolute atomic E-state index is 14.2. The molecule has 3 aromatic rings. The third-order valence-corrected chi connectivity index (χ3v) is 4.72. The molecule has 0 unspecified atom stereocenters. The fourth-order valence-electron chi connectivity index (χ4n) is 2.73. The minimum atomic E-state index is -3.30. The summed E-state index contributed by atoms with van der Waals surface area (Å²) in [6.07, 6.45) is 2.78. The van der Waals surface area contributed by atoms with E-state index in [4.69, 9.17) is 0 Å². The Morgan fingerprint density at radius 3 is 2.41 bits per heavy atom.